The molecular formula is C13H24N2O4. The number of hydrogen-bond acceptors (Lipinski definition) is 3. The van der Waals surface area contributed by atoms with E-state index in [1.807, 2.05) is 0 Å². The van der Waals surface area contributed by atoms with E-state index in [1.165, 1.54) is 0 Å². The Morgan fingerprint density at radius 3 is 2.37 bits per heavy atom. The second-order valence-corrected chi connectivity index (χ2v) is 5.06. The topological polar surface area (TPSA) is 81.1 Å². The second-order valence-electron chi connectivity index (χ2n) is 5.06. The van der Waals surface area contributed by atoms with E-state index in [-0.39, 0.29) is 25.1 Å². The number of aliphatic hydroxyl groups is 1. The lowest BCUT2D eigenvalue weighted by Gasteiger charge is -2.32. The smallest absolute Gasteiger partial charge is 0.320 e. The minimum Gasteiger partial charge on any atom is -0.481 e. The van der Waals surface area contributed by atoms with Crippen molar-refractivity contribution in [2.75, 3.05) is 26.7 Å². The summed E-state index contributed by atoms with van der Waals surface area (Å²) in [5, 5.41) is 17.7. The Kier molecular flexibility index (Phi) is 6.62. The summed E-state index contributed by atoms with van der Waals surface area (Å²) >= 11 is 0. The van der Waals surface area contributed by atoms with Gasteiger partial charge in [-0.3, -0.25) is 4.79 Å². The standard InChI is InChI=1S/C13H24N2O4/c1-14(8-4-7-12(17)18)13(19)15(9-10-16)11-5-2-3-6-11/h11,16H,2-10H2,1H3,(H,17,18). The third kappa shape index (κ3) is 5.06. The summed E-state index contributed by atoms with van der Waals surface area (Å²) in [6, 6.07) is 0.118. The molecular weight excluding hydrogens is 248 g/mol. The minimum absolute atomic E-state index is 0.0365. The first-order valence-electron chi connectivity index (χ1n) is 6.90. The van der Waals surface area contributed by atoms with Crippen LogP contribution in [0.5, 0.6) is 0 Å². The van der Waals surface area contributed by atoms with Crippen molar-refractivity contribution >= 4 is 12.0 Å². The average Bonchev–Trinajstić information content (AvgIpc) is 2.88. The van der Waals surface area contributed by atoms with Gasteiger partial charge in [0.1, 0.15) is 0 Å². The SMILES string of the molecule is CN(CCCC(=O)O)C(=O)N(CCO)C1CCCC1. The van der Waals surface area contributed by atoms with Crippen molar-refractivity contribution in [2.45, 2.75) is 44.6 Å². The van der Waals surface area contributed by atoms with Crippen LogP contribution in [0, 0.1) is 0 Å². The van der Waals surface area contributed by atoms with Crippen LogP contribution in [0.25, 0.3) is 0 Å². The molecule has 6 heteroatoms. The monoisotopic (exact) mass is 272 g/mol. The summed E-state index contributed by atoms with van der Waals surface area (Å²) in [4.78, 5) is 26.0. The van der Waals surface area contributed by atoms with E-state index >= 15 is 0 Å². The van der Waals surface area contributed by atoms with Gasteiger partial charge in [-0.05, 0) is 19.3 Å². The maximum absolute atomic E-state index is 12.3. The van der Waals surface area contributed by atoms with Gasteiger partial charge in [-0.1, -0.05) is 12.8 Å². The molecule has 0 atom stereocenters. The van der Waals surface area contributed by atoms with E-state index in [2.05, 4.69) is 0 Å². The van der Waals surface area contributed by atoms with Crippen molar-refractivity contribution in [3.05, 3.63) is 0 Å². The number of carbonyl (C=O) groups is 2. The van der Waals surface area contributed by atoms with Crippen LogP contribution in [0.3, 0.4) is 0 Å². The third-order valence-corrected chi connectivity index (χ3v) is 3.56. The molecule has 0 aliphatic heterocycles. The molecule has 6 nitrogen and oxygen atoms in total. The fourth-order valence-electron chi connectivity index (χ4n) is 2.54. The van der Waals surface area contributed by atoms with Crippen molar-refractivity contribution < 1.29 is 19.8 Å². The molecule has 1 fully saturated rings. The molecule has 2 amide bonds. The highest BCUT2D eigenvalue weighted by atomic mass is 16.4. The molecule has 0 aromatic carbocycles. The molecule has 0 unspecified atom stereocenters. The van der Waals surface area contributed by atoms with Crippen LogP contribution in [0.15, 0.2) is 0 Å². The van der Waals surface area contributed by atoms with E-state index in [0.29, 0.717) is 19.5 Å². The predicted molar refractivity (Wildman–Crippen MR) is 70.9 cm³/mol. The largest absolute Gasteiger partial charge is 0.481 e. The fourth-order valence-corrected chi connectivity index (χ4v) is 2.54. The lowest BCUT2D eigenvalue weighted by molar-refractivity contribution is -0.137. The van der Waals surface area contributed by atoms with Crippen LogP contribution in [0.2, 0.25) is 0 Å². The first kappa shape index (κ1) is 15.8. The minimum atomic E-state index is -0.844. The van der Waals surface area contributed by atoms with Crippen LogP contribution < -0.4 is 0 Å². The van der Waals surface area contributed by atoms with Crippen molar-refractivity contribution in [1.82, 2.24) is 9.80 Å². The Labute approximate surface area is 114 Å². The molecule has 1 rings (SSSR count). The molecule has 1 aliphatic carbocycles. The lowest BCUT2D eigenvalue weighted by Crippen LogP contribution is -2.47. The molecule has 19 heavy (non-hydrogen) atoms. The Hall–Kier alpha value is -1.30. The van der Waals surface area contributed by atoms with E-state index < -0.39 is 5.97 Å². The summed E-state index contributed by atoms with van der Waals surface area (Å²) in [6.07, 6.45) is 4.77. The van der Waals surface area contributed by atoms with Gasteiger partial charge in [0.25, 0.3) is 0 Å². The van der Waals surface area contributed by atoms with Gasteiger partial charge < -0.3 is 20.0 Å². The summed E-state index contributed by atoms with van der Waals surface area (Å²) < 4.78 is 0. The molecule has 0 saturated heterocycles. The number of rotatable bonds is 7. The summed E-state index contributed by atoms with van der Waals surface area (Å²) in [6.45, 7) is 0.748. The van der Waals surface area contributed by atoms with Crippen LogP contribution in [-0.2, 0) is 4.79 Å². The molecule has 0 heterocycles. The van der Waals surface area contributed by atoms with Crippen LogP contribution in [-0.4, -0.2) is 64.8 Å². The van der Waals surface area contributed by atoms with Gasteiger partial charge in [0.2, 0.25) is 0 Å². The van der Waals surface area contributed by atoms with Crippen molar-refractivity contribution in [3.8, 4) is 0 Å². The quantitative estimate of drug-likeness (QED) is 0.728. The molecule has 110 valence electrons. The Morgan fingerprint density at radius 1 is 1.21 bits per heavy atom. The lowest BCUT2D eigenvalue weighted by atomic mass is 10.2. The Bertz CT molecular complexity index is 303. The van der Waals surface area contributed by atoms with Crippen LogP contribution >= 0.6 is 0 Å². The van der Waals surface area contributed by atoms with Gasteiger partial charge in [-0.25, -0.2) is 4.79 Å². The van der Waals surface area contributed by atoms with Crippen LogP contribution in [0.4, 0.5) is 4.79 Å². The van der Waals surface area contributed by atoms with Gasteiger partial charge in [0.05, 0.1) is 6.61 Å². The number of urea groups is 1. The highest BCUT2D eigenvalue weighted by Crippen LogP contribution is 2.24. The van der Waals surface area contributed by atoms with Crippen molar-refractivity contribution in [3.63, 3.8) is 0 Å². The van der Waals surface area contributed by atoms with Gasteiger partial charge in [-0.15, -0.1) is 0 Å². The molecule has 1 aliphatic rings. The van der Waals surface area contributed by atoms with Crippen LogP contribution in [0.1, 0.15) is 38.5 Å². The van der Waals surface area contributed by atoms with Gasteiger partial charge >= 0.3 is 12.0 Å². The molecule has 1 saturated carbocycles. The Morgan fingerprint density at radius 2 is 1.84 bits per heavy atom. The van der Waals surface area contributed by atoms with Gasteiger partial charge in [-0.2, -0.15) is 0 Å². The predicted octanol–water partition coefficient (Wildman–Crippen LogP) is 1.14. The van der Waals surface area contributed by atoms with Crippen molar-refractivity contribution in [1.29, 1.82) is 0 Å². The zero-order chi connectivity index (χ0) is 14.3. The average molecular weight is 272 g/mol. The highest BCUT2D eigenvalue weighted by molar-refractivity contribution is 5.74. The number of hydrogen-bond donors (Lipinski definition) is 2. The maximum atomic E-state index is 12.3. The van der Waals surface area contributed by atoms with E-state index in [0.717, 1.165) is 25.7 Å². The van der Waals surface area contributed by atoms with E-state index in [4.69, 9.17) is 10.2 Å². The van der Waals surface area contributed by atoms with Gasteiger partial charge in [0.15, 0.2) is 0 Å². The second kappa shape index (κ2) is 7.99. The number of amides is 2. The number of carboxylic acids is 1. The normalized spacial score (nSPS) is 15.5. The first-order valence-corrected chi connectivity index (χ1v) is 6.90. The summed E-state index contributed by atoms with van der Waals surface area (Å²) in [7, 11) is 1.68. The summed E-state index contributed by atoms with van der Waals surface area (Å²) in [5.41, 5.74) is 0. The highest BCUT2D eigenvalue weighted by Gasteiger charge is 2.27. The number of carbonyl (C=O) groups excluding carboxylic acids is 1. The molecule has 0 bridgehead atoms. The first-order chi connectivity index (χ1) is 9.06. The van der Waals surface area contributed by atoms with E-state index in [9.17, 15) is 9.59 Å². The summed E-state index contributed by atoms with van der Waals surface area (Å²) in [5.74, 6) is -0.844. The van der Waals surface area contributed by atoms with Crippen molar-refractivity contribution in [2.24, 2.45) is 0 Å². The molecule has 2 N–H and O–H groups in total. The van der Waals surface area contributed by atoms with Gasteiger partial charge in [0, 0.05) is 32.6 Å². The molecule has 0 aromatic heterocycles. The third-order valence-electron chi connectivity index (χ3n) is 3.56. The fraction of sp³-hybridized carbons (Fsp3) is 0.846. The molecule has 0 radical (unpaired) electrons. The number of nitrogens with zero attached hydrogens (tertiary/aromatic N) is 2. The number of carboxylic acid groups (broad SMARTS) is 1. The maximum Gasteiger partial charge on any atom is 0.320 e. The van der Waals surface area contributed by atoms with E-state index in [1.54, 1.807) is 16.8 Å². The number of aliphatic carboxylic acids is 1. The molecule has 0 aromatic rings. The zero-order valence-corrected chi connectivity index (χ0v) is 11.5. The molecule has 0 spiro atoms. The number of aliphatic hydroxyl groups excluding tert-OH is 1. The zero-order valence-electron chi connectivity index (χ0n) is 11.5. The Balaban J connectivity index is 2.47.